The van der Waals surface area contributed by atoms with E-state index in [9.17, 15) is 13.2 Å². The Labute approximate surface area is 194 Å². The van der Waals surface area contributed by atoms with Crippen LogP contribution in [0.1, 0.15) is 36.4 Å². The number of nitrogens with zero attached hydrogens (tertiary/aromatic N) is 3. The quantitative estimate of drug-likeness (QED) is 0.330. The number of halogens is 4. The Kier molecular flexibility index (Phi) is 9.67. The largest absolute Gasteiger partial charge is 0.401 e. The predicted molar refractivity (Wildman–Crippen MR) is 126 cm³/mol. The highest BCUT2D eigenvalue weighted by atomic mass is 127. The van der Waals surface area contributed by atoms with Gasteiger partial charge in [-0.2, -0.15) is 13.2 Å². The summed E-state index contributed by atoms with van der Waals surface area (Å²) in [6.45, 7) is 4.95. The topological polar surface area (TPSA) is 42.9 Å². The van der Waals surface area contributed by atoms with Gasteiger partial charge in [0, 0.05) is 32.7 Å². The van der Waals surface area contributed by atoms with Gasteiger partial charge >= 0.3 is 6.18 Å². The highest BCUT2D eigenvalue weighted by Gasteiger charge is 2.34. The first kappa shape index (κ1) is 25.2. The lowest BCUT2D eigenvalue weighted by molar-refractivity contribution is -0.143. The van der Waals surface area contributed by atoms with Crippen LogP contribution in [0.5, 0.6) is 0 Å². The lowest BCUT2D eigenvalue weighted by Crippen LogP contribution is -2.47. The van der Waals surface area contributed by atoms with E-state index < -0.39 is 12.7 Å². The average Bonchev–Trinajstić information content (AvgIpc) is 3.33. The minimum atomic E-state index is -4.15. The highest BCUT2D eigenvalue weighted by molar-refractivity contribution is 14.0. The van der Waals surface area contributed by atoms with Crippen LogP contribution in [0, 0.1) is 6.92 Å². The van der Waals surface area contributed by atoms with E-state index in [-0.39, 0.29) is 36.1 Å². The molecule has 0 aromatic heterocycles. The maximum absolute atomic E-state index is 12.6. The molecule has 9 heteroatoms. The Hall–Kier alpha value is -1.07. The standard InChI is InChI=1S/C21H32F3N5.HI/c1-16-5-7-17(8-6-16)19(29-10-3-4-11-29)13-26-20(25-2)27-18-9-12-28(14-18)15-21(22,23)24;/h5-8,18-19H,3-4,9-15H2,1-2H3,(H2,25,26,27);1H. The fourth-order valence-corrected chi connectivity index (χ4v) is 4.23. The Morgan fingerprint density at radius 3 is 2.43 bits per heavy atom. The molecule has 3 rings (SSSR count). The van der Waals surface area contributed by atoms with E-state index in [0.29, 0.717) is 32.0 Å². The van der Waals surface area contributed by atoms with Crippen LogP contribution in [0.2, 0.25) is 0 Å². The lowest BCUT2D eigenvalue weighted by Gasteiger charge is -2.29. The number of likely N-dealkylation sites (tertiary alicyclic amines) is 2. The molecule has 0 saturated carbocycles. The van der Waals surface area contributed by atoms with Crippen LogP contribution in [0.25, 0.3) is 0 Å². The molecule has 2 saturated heterocycles. The van der Waals surface area contributed by atoms with Crippen LogP contribution < -0.4 is 10.6 Å². The summed E-state index contributed by atoms with van der Waals surface area (Å²) in [5.41, 5.74) is 2.52. The number of hydrogen-bond acceptors (Lipinski definition) is 3. The van der Waals surface area contributed by atoms with Crippen molar-refractivity contribution in [1.29, 1.82) is 0 Å². The lowest BCUT2D eigenvalue weighted by atomic mass is 10.0. The van der Waals surface area contributed by atoms with Crippen molar-refractivity contribution < 1.29 is 13.2 Å². The number of guanidine groups is 1. The number of aryl methyl sites for hydroxylation is 1. The molecule has 2 heterocycles. The Morgan fingerprint density at radius 2 is 1.83 bits per heavy atom. The zero-order chi connectivity index (χ0) is 20.9. The van der Waals surface area contributed by atoms with Gasteiger partial charge in [-0.3, -0.25) is 14.8 Å². The molecule has 0 radical (unpaired) electrons. The molecule has 0 amide bonds. The van der Waals surface area contributed by atoms with Crippen molar-refractivity contribution in [1.82, 2.24) is 20.4 Å². The average molecular weight is 539 g/mol. The van der Waals surface area contributed by atoms with Crippen molar-refractivity contribution in [2.75, 3.05) is 46.3 Å². The van der Waals surface area contributed by atoms with Crippen LogP contribution in [0.15, 0.2) is 29.3 Å². The van der Waals surface area contributed by atoms with Crippen LogP contribution in [0.3, 0.4) is 0 Å². The smallest absolute Gasteiger partial charge is 0.354 e. The molecule has 2 atom stereocenters. The Balaban J connectivity index is 0.00000320. The monoisotopic (exact) mass is 539 g/mol. The minimum absolute atomic E-state index is 0. The van der Waals surface area contributed by atoms with Crippen molar-refractivity contribution in [3.63, 3.8) is 0 Å². The van der Waals surface area contributed by atoms with Gasteiger partial charge in [-0.25, -0.2) is 0 Å². The molecule has 170 valence electrons. The fraction of sp³-hybridized carbons (Fsp3) is 0.667. The number of hydrogen-bond donors (Lipinski definition) is 2. The molecular formula is C21H33F3IN5. The van der Waals surface area contributed by atoms with Gasteiger partial charge < -0.3 is 10.6 Å². The SMILES string of the molecule is CN=C(NCC(c1ccc(C)cc1)N1CCCC1)NC1CCN(CC(F)(F)F)C1.I. The van der Waals surface area contributed by atoms with E-state index in [1.807, 2.05) is 0 Å². The summed E-state index contributed by atoms with van der Waals surface area (Å²) in [6.07, 6.45) is -1.03. The van der Waals surface area contributed by atoms with E-state index in [0.717, 1.165) is 13.1 Å². The summed E-state index contributed by atoms with van der Waals surface area (Å²) in [4.78, 5) is 8.23. The maximum atomic E-state index is 12.6. The van der Waals surface area contributed by atoms with Crippen molar-refractivity contribution in [3.8, 4) is 0 Å². The van der Waals surface area contributed by atoms with Gasteiger partial charge in [0.2, 0.25) is 0 Å². The molecule has 2 aliphatic rings. The highest BCUT2D eigenvalue weighted by Crippen LogP contribution is 2.25. The molecule has 0 bridgehead atoms. The zero-order valence-electron chi connectivity index (χ0n) is 17.7. The third kappa shape index (κ3) is 7.56. The molecule has 30 heavy (non-hydrogen) atoms. The fourth-order valence-electron chi connectivity index (χ4n) is 4.23. The number of alkyl halides is 3. The summed E-state index contributed by atoms with van der Waals surface area (Å²) in [5, 5.41) is 6.71. The molecule has 2 fully saturated rings. The maximum Gasteiger partial charge on any atom is 0.401 e. The molecular weight excluding hydrogens is 506 g/mol. The molecule has 1 aromatic carbocycles. The van der Waals surface area contributed by atoms with Crippen molar-refractivity contribution in [2.24, 2.45) is 4.99 Å². The Bertz CT molecular complexity index is 674. The van der Waals surface area contributed by atoms with Gasteiger partial charge in [0.25, 0.3) is 0 Å². The number of rotatable bonds is 6. The summed E-state index contributed by atoms with van der Waals surface area (Å²) in [6, 6.07) is 8.87. The third-order valence-electron chi connectivity index (χ3n) is 5.75. The second-order valence-corrected chi connectivity index (χ2v) is 8.10. The van der Waals surface area contributed by atoms with E-state index in [2.05, 4.69) is 51.7 Å². The van der Waals surface area contributed by atoms with E-state index >= 15 is 0 Å². The van der Waals surface area contributed by atoms with Crippen LogP contribution in [0.4, 0.5) is 13.2 Å². The molecule has 2 unspecified atom stereocenters. The summed E-state index contributed by atoms with van der Waals surface area (Å²) in [7, 11) is 1.70. The second-order valence-electron chi connectivity index (χ2n) is 8.10. The van der Waals surface area contributed by atoms with Crippen molar-refractivity contribution in [2.45, 2.75) is 44.4 Å². The number of benzene rings is 1. The summed E-state index contributed by atoms with van der Waals surface area (Å²) in [5.74, 6) is 0.653. The first-order valence-corrected chi connectivity index (χ1v) is 10.4. The van der Waals surface area contributed by atoms with E-state index in [4.69, 9.17) is 0 Å². The molecule has 0 spiro atoms. The van der Waals surface area contributed by atoms with Crippen LogP contribution in [-0.4, -0.2) is 74.3 Å². The second kappa shape index (κ2) is 11.5. The Morgan fingerprint density at radius 1 is 1.17 bits per heavy atom. The van der Waals surface area contributed by atoms with Crippen LogP contribution in [-0.2, 0) is 0 Å². The minimum Gasteiger partial charge on any atom is -0.354 e. The van der Waals surface area contributed by atoms with E-state index in [1.165, 1.54) is 28.9 Å². The first-order valence-electron chi connectivity index (χ1n) is 10.4. The number of nitrogens with one attached hydrogen (secondary N) is 2. The van der Waals surface area contributed by atoms with Gasteiger partial charge in [-0.15, -0.1) is 24.0 Å². The molecule has 2 aliphatic heterocycles. The third-order valence-corrected chi connectivity index (χ3v) is 5.75. The van der Waals surface area contributed by atoms with E-state index in [1.54, 1.807) is 7.05 Å². The van der Waals surface area contributed by atoms with Crippen molar-refractivity contribution >= 4 is 29.9 Å². The van der Waals surface area contributed by atoms with Gasteiger partial charge in [0.1, 0.15) is 0 Å². The normalized spacial score (nSPS) is 22.0. The predicted octanol–water partition coefficient (Wildman–Crippen LogP) is 3.55. The molecule has 1 aromatic rings. The molecule has 0 aliphatic carbocycles. The van der Waals surface area contributed by atoms with Gasteiger partial charge in [0.15, 0.2) is 5.96 Å². The van der Waals surface area contributed by atoms with Gasteiger partial charge in [-0.1, -0.05) is 29.8 Å². The summed E-state index contributed by atoms with van der Waals surface area (Å²) < 4.78 is 37.8. The molecule has 2 N–H and O–H groups in total. The number of aliphatic imine (C=N–C) groups is 1. The van der Waals surface area contributed by atoms with Crippen LogP contribution >= 0.6 is 24.0 Å². The van der Waals surface area contributed by atoms with Gasteiger partial charge in [-0.05, 0) is 44.8 Å². The zero-order valence-corrected chi connectivity index (χ0v) is 20.0. The summed E-state index contributed by atoms with van der Waals surface area (Å²) >= 11 is 0. The van der Waals surface area contributed by atoms with Crippen molar-refractivity contribution in [3.05, 3.63) is 35.4 Å². The molecule has 5 nitrogen and oxygen atoms in total. The van der Waals surface area contributed by atoms with Gasteiger partial charge in [0.05, 0.1) is 12.6 Å². The first-order chi connectivity index (χ1) is 13.8.